The lowest BCUT2D eigenvalue weighted by molar-refractivity contribution is -0.000512. The van der Waals surface area contributed by atoms with Crippen LogP contribution in [-0.4, -0.2) is 67.7 Å². The number of pyridine rings is 2. The molecule has 0 saturated carbocycles. The van der Waals surface area contributed by atoms with Crippen LogP contribution in [0.5, 0.6) is 0 Å². The molecule has 0 unspecified atom stereocenters. The van der Waals surface area contributed by atoms with Gasteiger partial charge in [-0.1, -0.05) is 27.7 Å². The van der Waals surface area contributed by atoms with Gasteiger partial charge in [-0.3, -0.25) is 14.6 Å². The summed E-state index contributed by atoms with van der Waals surface area (Å²) < 4.78 is 24.9. The number of ether oxygens (including phenoxy) is 2. The number of fused-ring (bicyclic) bond motifs is 3. The molecule has 1 N–H and O–H groups in total. The monoisotopic (exact) mass is 701 g/mol. The molecule has 4 aromatic rings. The molecule has 0 bridgehead atoms. The van der Waals surface area contributed by atoms with E-state index < -0.39 is 11.8 Å². The second-order valence-electron chi connectivity index (χ2n) is 12.1. The van der Waals surface area contributed by atoms with Gasteiger partial charge in [-0.05, 0) is 73.7 Å². The Bertz CT molecular complexity index is 1850. The number of methoxy groups -OCH3 is 1. The maximum atomic E-state index is 14.4. The first-order valence-corrected chi connectivity index (χ1v) is 17.9. The Kier molecular flexibility index (Phi) is 11.6. The summed E-state index contributed by atoms with van der Waals surface area (Å²) in [6, 6.07) is 11.5. The zero-order valence-electron chi connectivity index (χ0n) is 29.5. The summed E-state index contributed by atoms with van der Waals surface area (Å²) in [5.74, 6) is -0.979. The average Bonchev–Trinajstić information content (AvgIpc) is 3.50. The van der Waals surface area contributed by atoms with Crippen LogP contribution in [0.4, 0.5) is 21.6 Å². The van der Waals surface area contributed by atoms with Gasteiger partial charge >= 0.3 is 5.97 Å². The molecule has 1 spiro atoms. The van der Waals surface area contributed by atoms with Crippen molar-refractivity contribution in [2.45, 2.75) is 53.9 Å². The molecule has 264 valence electrons. The molecule has 2 amide bonds. The van der Waals surface area contributed by atoms with E-state index in [4.69, 9.17) is 9.47 Å². The fourth-order valence-electron chi connectivity index (χ4n) is 6.45. The summed E-state index contributed by atoms with van der Waals surface area (Å²) in [6.07, 6.45) is 5.36. The van der Waals surface area contributed by atoms with Gasteiger partial charge in [0.1, 0.15) is 22.2 Å². The number of thiophene rings is 1. The van der Waals surface area contributed by atoms with E-state index in [9.17, 15) is 18.8 Å². The van der Waals surface area contributed by atoms with Gasteiger partial charge in [0.2, 0.25) is 0 Å². The van der Waals surface area contributed by atoms with Gasteiger partial charge in [-0.2, -0.15) is 0 Å². The second kappa shape index (κ2) is 15.9. The van der Waals surface area contributed by atoms with Gasteiger partial charge in [0.05, 0.1) is 29.4 Å². The Morgan fingerprint density at radius 1 is 0.980 bits per heavy atom. The Labute approximate surface area is 296 Å². The van der Waals surface area contributed by atoms with Crippen LogP contribution in [0.25, 0.3) is 10.6 Å². The van der Waals surface area contributed by atoms with E-state index in [-0.39, 0.29) is 23.8 Å². The van der Waals surface area contributed by atoms with Crippen LogP contribution >= 0.6 is 11.3 Å². The lowest BCUT2D eigenvalue weighted by atomic mass is 9.73. The number of benzene rings is 1. The maximum Gasteiger partial charge on any atom is 0.348 e. The summed E-state index contributed by atoms with van der Waals surface area (Å²) in [5, 5.41) is 2.96. The summed E-state index contributed by atoms with van der Waals surface area (Å²) in [4.78, 5) is 53.2. The van der Waals surface area contributed by atoms with Crippen LogP contribution in [0.1, 0.15) is 82.1 Å². The molecule has 10 nitrogen and oxygen atoms in total. The number of aryl methyl sites for hydroxylation is 1. The van der Waals surface area contributed by atoms with Crippen molar-refractivity contribution in [3.63, 3.8) is 0 Å². The number of rotatable bonds is 5. The van der Waals surface area contributed by atoms with Gasteiger partial charge in [0.15, 0.2) is 0 Å². The number of nitrogens with one attached hydrogen (secondary N) is 1. The van der Waals surface area contributed by atoms with Gasteiger partial charge in [0.25, 0.3) is 11.8 Å². The highest BCUT2D eigenvalue weighted by atomic mass is 32.1. The van der Waals surface area contributed by atoms with E-state index in [0.29, 0.717) is 50.2 Å². The van der Waals surface area contributed by atoms with Crippen LogP contribution < -0.4 is 15.1 Å². The Balaban J connectivity index is 0.00000117. The lowest BCUT2D eigenvalue weighted by Crippen LogP contribution is -2.59. The minimum Gasteiger partial charge on any atom is -0.465 e. The highest BCUT2D eigenvalue weighted by molar-refractivity contribution is 7.17. The van der Waals surface area contributed by atoms with Crippen molar-refractivity contribution >= 4 is 46.3 Å². The number of amides is 2. The fourth-order valence-corrected chi connectivity index (χ4v) is 7.59. The third-order valence-electron chi connectivity index (χ3n) is 8.93. The SMILES string of the molecule is CC.CC.COC(=O)c1cc2c(s1)-c1ncc(F)cc1N(C(=O)c1ccc(NC(=O)c3cc(C)cnc3N3CC4(CCOCC4)C3)cc1)CC2. The van der Waals surface area contributed by atoms with E-state index in [1.54, 1.807) is 36.5 Å². The normalized spacial score (nSPS) is 15.5. The Hall–Kier alpha value is -4.68. The predicted octanol–water partition coefficient (Wildman–Crippen LogP) is 7.56. The molecular formula is C38H44FN5O5S. The first-order chi connectivity index (χ1) is 24.2. The van der Waals surface area contributed by atoms with Crippen LogP contribution in [0, 0.1) is 18.2 Å². The van der Waals surface area contributed by atoms with Gasteiger partial charge in [-0.25, -0.2) is 14.2 Å². The van der Waals surface area contributed by atoms with Gasteiger partial charge in [0, 0.05) is 61.8 Å². The Morgan fingerprint density at radius 2 is 1.68 bits per heavy atom. The number of nitrogens with zero attached hydrogens (tertiary/aromatic N) is 4. The number of hydrogen-bond acceptors (Lipinski definition) is 9. The standard InChI is InChI=1S/C34H32FN5O5S.2C2H6/c1-20-13-25(30(37-16-20)39-18-34(19-39)8-11-45-12-9-34)31(41)38-24-5-3-21(4-6-24)32(42)40-10-7-22-14-27(33(43)44-2)46-29(22)28-26(40)15-23(35)17-36-28;2*1-2/h3-6,13-17H,7-12,18-19H2,1-2H3,(H,38,41);2*1-2H3. The van der Waals surface area contributed by atoms with Crippen molar-refractivity contribution in [1.29, 1.82) is 0 Å². The van der Waals surface area contributed by atoms with Gasteiger partial charge < -0.3 is 24.6 Å². The van der Waals surface area contributed by atoms with E-state index in [1.807, 2.05) is 40.7 Å². The first kappa shape index (κ1) is 36.6. The minimum absolute atomic E-state index is 0.231. The number of anilines is 3. The second-order valence-corrected chi connectivity index (χ2v) is 13.1. The van der Waals surface area contributed by atoms with Crippen LogP contribution in [0.15, 0.2) is 54.9 Å². The van der Waals surface area contributed by atoms with Crippen LogP contribution in [0.2, 0.25) is 0 Å². The van der Waals surface area contributed by atoms with Crippen LogP contribution in [-0.2, 0) is 15.9 Å². The molecule has 3 aliphatic rings. The molecule has 0 atom stereocenters. The third kappa shape index (κ3) is 7.41. The predicted molar refractivity (Wildman–Crippen MR) is 195 cm³/mol. The first-order valence-electron chi connectivity index (χ1n) is 17.1. The summed E-state index contributed by atoms with van der Waals surface area (Å²) in [7, 11) is 1.32. The highest BCUT2D eigenvalue weighted by Crippen LogP contribution is 2.43. The molecule has 6 heterocycles. The van der Waals surface area contributed by atoms with Crippen molar-refractivity contribution in [1.82, 2.24) is 9.97 Å². The zero-order valence-corrected chi connectivity index (χ0v) is 30.3. The number of aromatic nitrogens is 2. The molecule has 1 aromatic carbocycles. The molecule has 3 aliphatic heterocycles. The fraction of sp³-hybridized carbons (Fsp3) is 0.395. The molecule has 7 rings (SSSR count). The highest BCUT2D eigenvalue weighted by Gasteiger charge is 2.45. The smallest absolute Gasteiger partial charge is 0.348 e. The van der Waals surface area contributed by atoms with E-state index >= 15 is 0 Å². The van der Waals surface area contributed by atoms with Gasteiger partial charge in [-0.15, -0.1) is 11.3 Å². The molecule has 50 heavy (non-hydrogen) atoms. The molecule has 2 fully saturated rings. The summed E-state index contributed by atoms with van der Waals surface area (Å²) in [6.45, 7) is 13.4. The number of hydrogen-bond donors (Lipinski definition) is 1. The molecule has 12 heteroatoms. The van der Waals surface area contributed by atoms with Crippen molar-refractivity contribution in [3.05, 3.63) is 87.8 Å². The number of carbonyl (C=O) groups excluding carboxylic acids is 3. The summed E-state index contributed by atoms with van der Waals surface area (Å²) >= 11 is 1.21. The average molecular weight is 702 g/mol. The van der Waals surface area contributed by atoms with Crippen molar-refractivity contribution in [2.24, 2.45) is 5.41 Å². The quantitative estimate of drug-likeness (QED) is 0.212. The molecule has 0 radical (unpaired) electrons. The maximum absolute atomic E-state index is 14.4. The number of esters is 1. The van der Waals surface area contributed by atoms with Crippen molar-refractivity contribution < 1.29 is 28.2 Å². The van der Waals surface area contributed by atoms with E-state index in [2.05, 4.69) is 20.2 Å². The van der Waals surface area contributed by atoms with E-state index in [0.717, 1.165) is 56.5 Å². The molecule has 2 saturated heterocycles. The summed E-state index contributed by atoms with van der Waals surface area (Å²) in [5.41, 5.74) is 4.11. The zero-order chi connectivity index (χ0) is 36.0. The minimum atomic E-state index is -0.575. The topological polar surface area (TPSA) is 114 Å². The molecule has 3 aromatic heterocycles. The number of carbonyl (C=O) groups is 3. The van der Waals surface area contributed by atoms with Crippen LogP contribution in [0.3, 0.4) is 0 Å². The van der Waals surface area contributed by atoms with Crippen molar-refractivity contribution in [2.75, 3.05) is 55.1 Å². The largest absolute Gasteiger partial charge is 0.465 e. The number of halogens is 1. The Morgan fingerprint density at radius 3 is 2.36 bits per heavy atom. The lowest BCUT2D eigenvalue weighted by Gasteiger charge is -2.53. The molecule has 0 aliphatic carbocycles. The molecular weight excluding hydrogens is 658 g/mol. The third-order valence-corrected chi connectivity index (χ3v) is 10.1. The van der Waals surface area contributed by atoms with Crippen molar-refractivity contribution in [3.8, 4) is 10.6 Å². The van der Waals surface area contributed by atoms with E-state index in [1.165, 1.54) is 29.4 Å².